The lowest BCUT2D eigenvalue weighted by molar-refractivity contribution is -0.124. The quantitative estimate of drug-likeness (QED) is 0.870. The van der Waals surface area contributed by atoms with E-state index in [2.05, 4.69) is 5.32 Å². The number of rotatable bonds is 5. The Bertz CT molecular complexity index is 615. The van der Waals surface area contributed by atoms with Gasteiger partial charge in [0.05, 0.1) is 13.4 Å². The number of hydrogen-bond donors (Lipinski definition) is 1. The minimum atomic E-state index is -3.34. The van der Waals surface area contributed by atoms with Crippen molar-refractivity contribution in [1.29, 1.82) is 0 Å². The predicted molar refractivity (Wildman–Crippen MR) is 79.4 cm³/mol. The van der Waals surface area contributed by atoms with Crippen LogP contribution in [0, 0.1) is 0 Å². The summed E-state index contributed by atoms with van der Waals surface area (Å²) in [7, 11) is -1.75. The highest BCUT2D eigenvalue weighted by molar-refractivity contribution is 7.88. The molecule has 0 aromatic heterocycles. The van der Waals surface area contributed by atoms with Crippen LogP contribution < -0.4 is 10.1 Å². The third kappa shape index (κ3) is 3.95. The van der Waals surface area contributed by atoms with Gasteiger partial charge in [0.15, 0.2) is 0 Å². The fourth-order valence-corrected chi connectivity index (χ4v) is 3.61. The summed E-state index contributed by atoms with van der Waals surface area (Å²) in [5.41, 5.74) is 0.909. The lowest BCUT2D eigenvalue weighted by Crippen LogP contribution is -2.45. The largest absolute Gasteiger partial charge is 0.497 e. The molecule has 21 heavy (non-hydrogen) atoms. The average molecular weight is 312 g/mol. The highest BCUT2D eigenvalue weighted by Crippen LogP contribution is 2.20. The Labute approximate surface area is 125 Å². The van der Waals surface area contributed by atoms with E-state index >= 15 is 0 Å². The number of nitrogens with one attached hydrogen (secondary N) is 1. The lowest BCUT2D eigenvalue weighted by Gasteiger charge is -2.21. The van der Waals surface area contributed by atoms with Gasteiger partial charge >= 0.3 is 0 Å². The zero-order chi connectivity index (χ0) is 15.5. The second-order valence-corrected chi connectivity index (χ2v) is 7.04. The Balaban J connectivity index is 1.98. The summed E-state index contributed by atoms with van der Waals surface area (Å²) in [6.07, 6.45) is 2.42. The van der Waals surface area contributed by atoms with Crippen LogP contribution in [-0.4, -0.2) is 44.6 Å². The standard InChI is InChI=1S/C14H20N2O4S/c1-20-12-6-3-5-11(9-12)10-15-14(17)13-7-4-8-16(13)21(2,18)19/h3,5-6,9,13H,4,7-8,10H2,1-2H3,(H,15,17). The molecule has 6 nitrogen and oxygen atoms in total. The van der Waals surface area contributed by atoms with Crippen LogP contribution >= 0.6 is 0 Å². The minimum absolute atomic E-state index is 0.249. The summed E-state index contributed by atoms with van der Waals surface area (Å²) in [5, 5.41) is 2.79. The molecule has 1 aliphatic heterocycles. The van der Waals surface area contributed by atoms with Crippen LogP contribution in [0.15, 0.2) is 24.3 Å². The topological polar surface area (TPSA) is 75.7 Å². The van der Waals surface area contributed by atoms with Crippen molar-refractivity contribution in [2.45, 2.75) is 25.4 Å². The van der Waals surface area contributed by atoms with Gasteiger partial charge in [0, 0.05) is 13.1 Å². The number of carbonyl (C=O) groups excluding carboxylic acids is 1. The molecule has 0 aliphatic carbocycles. The molecule has 1 amide bonds. The van der Waals surface area contributed by atoms with E-state index in [0.29, 0.717) is 25.9 Å². The van der Waals surface area contributed by atoms with E-state index in [1.807, 2.05) is 24.3 Å². The van der Waals surface area contributed by atoms with E-state index in [1.54, 1.807) is 7.11 Å². The second kappa shape index (κ2) is 6.44. The van der Waals surface area contributed by atoms with Crippen LogP contribution in [-0.2, 0) is 21.4 Å². The van der Waals surface area contributed by atoms with Crippen LogP contribution in [0.25, 0.3) is 0 Å². The summed E-state index contributed by atoms with van der Waals surface area (Å²) >= 11 is 0. The van der Waals surface area contributed by atoms with E-state index in [4.69, 9.17) is 4.74 Å². The van der Waals surface area contributed by atoms with Crippen molar-refractivity contribution in [2.24, 2.45) is 0 Å². The predicted octanol–water partition coefficient (Wildman–Crippen LogP) is 0.735. The molecule has 1 N–H and O–H groups in total. The van der Waals surface area contributed by atoms with Crippen LogP contribution in [0.4, 0.5) is 0 Å². The van der Waals surface area contributed by atoms with E-state index in [0.717, 1.165) is 17.6 Å². The summed E-state index contributed by atoms with van der Waals surface area (Å²) in [5.74, 6) is 0.473. The van der Waals surface area contributed by atoms with Crippen molar-refractivity contribution < 1.29 is 17.9 Å². The number of sulfonamides is 1. The number of hydrogen-bond acceptors (Lipinski definition) is 4. The molecule has 1 heterocycles. The first kappa shape index (κ1) is 15.8. The fraction of sp³-hybridized carbons (Fsp3) is 0.500. The zero-order valence-electron chi connectivity index (χ0n) is 12.2. The van der Waals surface area contributed by atoms with E-state index in [1.165, 1.54) is 4.31 Å². The van der Waals surface area contributed by atoms with Gasteiger partial charge in [-0.1, -0.05) is 12.1 Å². The molecule has 1 aromatic carbocycles. The lowest BCUT2D eigenvalue weighted by atomic mass is 10.2. The third-order valence-electron chi connectivity index (χ3n) is 3.53. The first-order chi connectivity index (χ1) is 9.91. The number of nitrogens with zero attached hydrogens (tertiary/aromatic N) is 1. The Morgan fingerprint density at radius 3 is 2.90 bits per heavy atom. The molecule has 1 saturated heterocycles. The number of ether oxygens (including phenoxy) is 1. The highest BCUT2D eigenvalue weighted by atomic mass is 32.2. The molecule has 1 aromatic rings. The van der Waals surface area contributed by atoms with Gasteiger partial charge in [-0.3, -0.25) is 4.79 Å². The van der Waals surface area contributed by atoms with Gasteiger partial charge in [0.1, 0.15) is 11.8 Å². The van der Waals surface area contributed by atoms with E-state index in [9.17, 15) is 13.2 Å². The van der Waals surface area contributed by atoms with Crippen molar-refractivity contribution in [3.05, 3.63) is 29.8 Å². The first-order valence-corrected chi connectivity index (χ1v) is 8.64. The highest BCUT2D eigenvalue weighted by Gasteiger charge is 2.36. The molecule has 0 bridgehead atoms. The van der Waals surface area contributed by atoms with Gasteiger partial charge in [0.2, 0.25) is 15.9 Å². The molecule has 1 unspecified atom stereocenters. The molecule has 116 valence electrons. The Morgan fingerprint density at radius 1 is 1.48 bits per heavy atom. The molecule has 0 spiro atoms. The zero-order valence-corrected chi connectivity index (χ0v) is 13.0. The van der Waals surface area contributed by atoms with Crippen molar-refractivity contribution in [3.63, 3.8) is 0 Å². The van der Waals surface area contributed by atoms with Crippen molar-refractivity contribution in [2.75, 3.05) is 19.9 Å². The monoisotopic (exact) mass is 312 g/mol. The van der Waals surface area contributed by atoms with E-state index in [-0.39, 0.29) is 5.91 Å². The van der Waals surface area contributed by atoms with Gasteiger partial charge in [-0.2, -0.15) is 4.31 Å². The molecule has 1 aliphatic rings. The molecule has 7 heteroatoms. The Kier molecular flexibility index (Phi) is 4.84. The van der Waals surface area contributed by atoms with Gasteiger partial charge in [-0.05, 0) is 30.5 Å². The fourth-order valence-electron chi connectivity index (χ4n) is 2.49. The second-order valence-electron chi connectivity index (χ2n) is 5.10. The summed E-state index contributed by atoms with van der Waals surface area (Å²) in [4.78, 5) is 12.2. The number of benzene rings is 1. The smallest absolute Gasteiger partial charge is 0.238 e. The molecular formula is C14H20N2O4S. The Hall–Kier alpha value is -1.60. The maximum Gasteiger partial charge on any atom is 0.238 e. The van der Waals surface area contributed by atoms with Gasteiger partial charge < -0.3 is 10.1 Å². The third-order valence-corrected chi connectivity index (χ3v) is 4.82. The van der Waals surface area contributed by atoms with Crippen LogP contribution in [0.5, 0.6) is 5.75 Å². The Morgan fingerprint density at radius 2 is 2.24 bits per heavy atom. The van der Waals surface area contributed by atoms with Crippen molar-refractivity contribution >= 4 is 15.9 Å². The number of carbonyl (C=O) groups is 1. The molecule has 1 atom stereocenters. The van der Waals surface area contributed by atoms with Crippen molar-refractivity contribution in [3.8, 4) is 5.75 Å². The normalized spacial score (nSPS) is 19.4. The number of methoxy groups -OCH3 is 1. The van der Waals surface area contributed by atoms with Crippen molar-refractivity contribution in [1.82, 2.24) is 9.62 Å². The molecule has 2 rings (SSSR count). The minimum Gasteiger partial charge on any atom is -0.497 e. The summed E-state index contributed by atoms with van der Waals surface area (Å²) in [6, 6.07) is 6.80. The van der Waals surface area contributed by atoms with E-state index < -0.39 is 16.1 Å². The van der Waals surface area contributed by atoms with Crippen LogP contribution in [0.3, 0.4) is 0 Å². The maximum atomic E-state index is 12.2. The molecular weight excluding hydrogens is 292 g/mol. The van der Waals surface area contributed by atoms with Crippen LogP contribution in [0.2, 0.25) is 0 Å². The molecule has 1 fully saturated rings. The summed E-state index contributed by atoms with van der Waals surface area (Å²) in [6.45, 7) is 0.764. The maximum absolute atomic E-state index is 12.2. The van der Waals surface area contributed by atoms with Gasteiger partial charge in [-0.25, -0.2) is 8.42 Å². The molecule has 0 radical (unpaired) electrons. The van der Waals surface area contributed by atoms with Crippen LogP contribution in [0.1, 0.15) is 18.4 Å². The summed E-state index contributed by atoms with van der Waals surface area (Å²) < 4.78 is 29.7. The van der Waals surface area contributed by atoms with Gasteiger partial charge in [-0.15, -0.1) is 0 Å². The number of amides is 1. The first-order valence-electron chi connectivity index (χ1n) is 6.79. The van der Waals surface area contributed by atoms with Gasteiger partial charge in [0.25, 0.3) is 0 Å². The molecule has 0 saturated carbocycles. The SMILES string of the molecule is COc1cccc(CNC(=O)C2CCCN2S(C)(=O)=O)c1. The average Bonchev–Trinajstić information content (AvgIpc) is 2.94.